The van der Waals surface area contributed by atoms with Crippen molar-refractivity contribution >= 4 is 55.7 Å². The molecule has 1 aliphatic rings. The van der Waals surface area contributed by atoms with Gasteiger partial charge in [-0.3, -0.25) is 14.9 Å². The van der Waals surface area contributed by atoms with E-state index in [4.69, 9.17) is 27.9 Å². The molecule has 5 rings (SSSR count). The molecule has 0 fully saturated rings. The number of aromatic amines is 1. The van der Waals surface area contributed by atoms with Crippen LogP contribution >= 0.6 is 23.2 Å². The van der Waals surface area contributed by atoms with Crippen molar-refractivity contribution in [1.82, 2.24) is 19.5 Å². The molecule has 0 spiro atoms. The van der Waals surface area contributed by atoms with Gasteiger partial charge in [0.05, 0.1) is 27.5 Å². The summed E-state index contributed by atoms with van der Waals surface area (Å²) >= 11 is 12.6. The van der Waals surface area contributed by atoms with Crippen molar-refractivity contribution in [3.63, 3.8) is 0 Å². The Bertz CT molecular complexity index is 1680. The number of pyridine rings is 1. The molecule has 2 aromatic heterocycles. The number of halogens is 2. The number of benzene rings is 2. The van der Waals surface area contributed by atoms with Gasteiger partial charge in [-0.05, 0) is 54.5 Å². The van der Waals surface area contributed by atoms with Gasteiger partial charge in [0.2, 0.25) is 15.9 Å². The van der Waals surface area contributed by atoms with E-state index in [1.807, 2.05) is 25.1 Å². The minimum atomic E-state index is -3.39. The van der Waals surface area contributed by atoms with Crippen LogP contribution in [0.5, 0.6) is 5.75 Å². The Morgan fingerprint density at radius 2 is 1.87 bits per heavy atom. The number of carbonyl (C=O) groups is 1. The molecule has 196 valence electrons. The van der Waals surface area contributed by atoms with Crippen LogP contribution in [0, 0.1) is 0 Å². The number of amides is 1. The SMILES string of the molecule is C=CC(=O)Nc1cc2c(cc1-c1n[nH]c3ccc(O[C@H](C)c4c(Cl)cncc4Cl)cc13)CN(S(C)(=O)=O)C2. The van der Waals surface area contributed by atoms with Crippen LogP contribution in [0.4, 0.5) is 5.69 Å². The Labute approximate surface area is 229 Å². The van der Waals surface area contributed by atoms with E-state index in [-0.39, 0.29) is 13.1 Å². The first kappa shape index (κ1) is 26.2. The fourth-order valence-electron chi connectivity index (χ4n) is 4.48. The quantitative estimate of drug-likeness (QED) is 0.284. The van der Waals surface area contributed by atoms with Crippen molar-refractivity contribution in [2.24, 2.45) is 0 Å². The highest BCUT2D eigenvalue weighted by Crippen LogP contribution is 2.39. The van der Waals surface area contributed by atoms with Crippen LogP contribution in [-0.2, 0) is 27.9 Å². The maximum atomic E-state index is 12.2. The lowest BCUT2D eigenvalue weighted by Gasteiger charge is -2.17. The number of H-pyrrole nitrogens is 1. The second-order valence-corrected chi connectivity index (χ2v) is 11.7. The van der Waals surface area contributed by atoms with Crippen molar-refractivity contribution in [2.45, 2.75) is 26.1 Å². The van der Waals surface area contributed by atoms with Crippen LogP contribution in [-0.4, -0.2) is 40.1 Å². The second kappa shape index (κ2) is 10.0. The first-order chi connectivity index (χ1) is 18.0. The number of rotatable bonds is 7. The summed E-state index contributed by atoms with van der Waals surface area (Å²) in [6.07, 6.45) is 4.91. The van der Waals surface area contributed by atoms with E-state index in [9.17, 15) is 13.2 Å². The van der Waals surface area contributed by atoms with Gasteiger partial charge in [-0.25, -0.2) is 8.42 Å². The normalized spacial score (nSPS) is 14.3. The standard InChI is InChI=1S/C26H23Cl2N5O4S/c1-4-24(34)30-23-8-16-13-33(38(3,35)36)12-15(16)7-18(23)26-19-9-17(5-6-22(19)31-32-26)37-14(2)25-20(27)10-29-11-21(25)28/h4-11,14H,1,12-13H2,2-3H3,(H,30,34)(H,31,32)/t14-/m1/s1. The Morgan fingerprint density at radius 3 is 2.53 bits per heavy atom. The molecule has 2 N–H and O–H groups in total. The summed E-state index contributed by atoms with van der Waals surface area (Å²) in [6.45, 7) is 5.83. The molecule has 0 radical (unpaired) electrons. The maximum Gasteiger partial charge on any atom is 0.247 e. The highest BCUT2D eigenvalue weighted by atomic mass is 35.5. The van der Waals surface area contributed by atoms with E-state index in [1.54, 1.807) is 12.1 Å². The summed E-state index contributed by atoms with van der Waals surface area (Å²) in [4.78, 5) is 16.2. The molecular formula is C26H23Cl2N5O4S. The minimum Gasteiger partial charge on any atom is -0.486 e. The summed E-state index contributed by atoms with van der Waals surface area (Å²) in [6, 6.07) is 9.12. The summed E-state index contributed by atoms with van der Waals surface area (Å²) < 4.78 is 31.9. The zero-order chi connectivity index (χ0) is 27.2. The third-order valence-electron chi connectivity index (χ3n) is 6.34. The first-order valence-electron chi connectivity index (χ1n) is 11.5. The number of hydrogen-bond donors (Lipinski definition) is 2. The average molecular weight is 572 g/mol. The lowest BCUT2D eigenvalue weighted by molar-refractivity contribution is -0.111. The zero-order valence-electron chi connectivity index (χ0n) is 20.5. The van der Waals surface area contributed by atoms with Crippen LogP contribution in [0.25, 0.3) is 22.2 Å². The maximum absolute atomic E-state index is 12.2. The number of nitrogens with one attached hydrogen (secondary N) is 2. The predicted molar refractivity (Wildman–Crippen MR) is 148 cm³/mol. The lowest BCUT2D eigenvalue weighted by Crippen LogP contribution is -2.23. The average Bonchev–Trinajstić information content (AvgIpc) is 3.47. The fourth-order valence-corrected chi connectivity index (χ4v) is 5.90. The molecule has 1 aliphatic heterocycles. The van der Waals surface area contributed by atoms with Crippen molar-refractivity contribution in [1.29, 1.82) is 0 Å². The van der Waals surface area contributed by atoms with Crippen LogP contribution in [0.15, 0.2) is 55.4 Å². The number of nitrogens with zero attached hydrogens (tertiary/aromatic N) is 3. The molecule has 2 aromatic carbocycles. The third-order valence-corrected chi connectivity index (χ3v) is 8.14. The molecule has 1 amide bonds. The third kappa shape index (κ3) is 5.00. The van der Waals surface area contributed by atoms with Gasteiger partial charge >= 0.3 is 0 Å². The topological polar surface area (TPSA) is 117 Å². The fraction of sp³-hybridized carbons (Fsp3) is 0.192. The largest absolute Gasteiger partial charge is 0.486 e. The molecule has 0 saturated heterocycles. The molecule has 0 saturated carbocycles. The van der Waals surface area contributed by atoms with Gasteiger partial charge in [-0.1, -0.05) is 29.8 Å². The minimum absolute atomic E-state index is 0.225. The Hall–Kier alpha value is -3.44. The van der Waals surface area contributed by atoms with Gasteiger partial charge in [-0.15, -0.1) is 0 Å². The molecule has 38 heavy (non-hydrogen) atoms. The van der Waals surface area contributed by atoms with E-state index in [2.05, 4.69) is 27.1 Å². The van der Waals surface area contributed by atoms with E-state index < -0.39 is 22.0 Å². The van der Waals surface area contributed by atoms with E-state index in [0.717, 1.165) is 22.0 Å². The summed E-state index contributed by atoms with van der Waals surface area (Å²) in [7, 11) is -3.39. The Balaban J connectivity index is 1.57. The van der Waals surface area contributed by atoms with Crippen molar-refractivity contribution in [3.8, 4) is 17.0 Å². The Kier molecular flexibility index (Phi) is 6.91. The van der Waals surface area contributed by atoms with E-state index in [1.165, 1.54) is 29.0 Å². The number of anilines is 1. The highest BCUT2D eigenvalue weighted by molar-refractivity contribution is 7.88. The molecule has 1 atom stereocenters. The summed E-state index contributed by atoms with van der Waals surface area (Å²) in [5.41, 5.74) is 4.71. The number of ether oxygens (including phenoxy) is 1. The van der Waals surface area contributed by atoms with Gasteiger partial charge in [0, 0.05) is 42.0 Å². The Morgan fingerprint density at radius 1 is 1.18 bits per heavy atom. The van der Waals surface area contributed by atoms with Crippen LogP contribution in [0.2, 0.25) is 10.0 Å². The van der Waals surface area contributed by atoms with Crippen LogP contribution in [0.3, 0.4) is 0 Å². The summed E-state index contributed by atoms with van der Waals surface area (Å²) in [5.74, 6) is 0.158. The molecule has 3 heterocycles. The number of aromatic nitrogens is 3. The van der Waals surface area contributed by atoms with Crippen molar-refractivity contribution in [2.75, 3.05) is 11.6 Å². The lowest BCUT2D eigenvalue weighted by atomic mass is 9.99. The molecule has 12 heteroatoms. The molecule has 9 nitrogen and oxygen atoms in total. The first-order valence-corrected chi connectivity index (χ1v) is 14.1. The van der Waals surface area contributed by atoms with Crippen LogP contribution in [0.1, 0.15) is 29.7 Å². The number of carbonyl (C=O) groups excluding carboxylic acids is 1. The molecular weight excluding hydrogens is 549 g/mol. The zero-order valence-corrected chi connectivity index (χ0v) is 22.8. The van der Waals surface area contributed by atoms with E-state index in [0.29, 0.717) is 38.3 Å². The molecule has 0 aliphatic carbocycles. The molecule has 0 bridgehead atoms. The smallest absolute Gasteiger partial charge is 0.247 e. The van der Waals surface area contributed by atoms with Gasteiger partial charge < -0.3 is 10.1 Å². The number of fused-ring (bicyclic) bond motifs is 2. The monoisotopic (exact) mass is 571 g/mol. The van der Waals surface area contributed by atoms with Crippen LogP contribution < -0.4 is 10.1 Å². The van der Waals surface area contributed by atoms with Gasteiger partial charge in [0.15, 0.2) is 0 Å². The second-order valence-electron chi connectivity index (χ2n) is 8.95. The molecule has 4 aromatic rings. The highest BCUT2D eigenvalue weighted by Gasteiger charge is 2.28. The van der Waals surface area contributed by atoms with Gasteiger partial charge in [0.25, 0.3) is 0 Å². The molecule has 0 unspecified atom stereocenters. The number of sulfonamides is 1. The number of hydrogen-bond acceptors (Lipinski definition) is 6. The summed E-state index contributed by atoms with van der Waals surface area (Å²) in [5, 5.41) is 11.9. The van der Waals surface area contributed by atoms with Crippen molar-refractivity contribution in [3.05, 3.63) is 82.1 Å². The van der Waals surface area contributed by atoms with Gasteiger partial charge in [-0.2, -0.15) is 9.40 Å². The van der Waals surface area contributed by atoms with Gasteiger partial charge in [0.1, 0.15) is 17.5 Å². The van der Waals surface area contributed by atoms with E-state index >= 15 is 0 Å². The van der Waals surface area contributed by atoms with Crippen molar-refractivity contribution < 1.29 is 17.9 Å². The predicted octanol–water partition coefficient (Wildman–Crippen LogP) is 5.47.